The van der Waals surface area contributed by atoms with E-state index in [9.17, 15) is 21.0 Å². The minimum Gasteiger partial charge on any atom is -0.192 e. The van der Waals surface area contributed by atoms with E-state index in [1.54, 1.807) is 14.1 Å². The second kappa shape index (κ2) is 5.17. The number of fused-ring (bicyclic) bond motifs is 2. The number of aryl methyl sites for hydroxylation is 2. The Bertz CT molecular complexity index is 1110. The molecule has 0 amide bonds. The van der Waals surface area contributed by atoms with Gasteiger partial charge in [0.2, 0.25) is 0 Å². The van der Waals surface area contributed by atoms with Crippen molar-refractivity contribution >= 4 is 33.2 Å². The van der Waals surface area contributed by atoms with Crippen LogP contribution in [0.2, 0.25) is 0 Å². The fraction of sp³-hybridized carbons (Fsp3) is 0.143. The topological polar surface area (TPSA) is 157 Å². The number of rotatable bonds is 0. The molecule has 0 unspecified atom stereocenters. The summed E-state index contributed by atoms with van der Waals surface area (Å²) in [6.45, 7) is 0. The van der Waals surface area contributed by atoms with Crippen molar-refractivity contribution in [2.45, 2.75) is 0 Å². The minimum absolute atomic E-state index is 0.185. The van der Waals surface area contributed by atoms with Gasteiger partial charge in [-0.1, -0.05) is 0 Å². The van der Waals surface area contributed by atoms with Gasteiger partial charge in [0, 0.05) is 14.1 Å². The Morgan fingerprint density at radius 1 is 0.625 bits per heavy atom. The molecule has 0 aliphatic carbocycles. The second-order valence-electron chi connectivity index (χ2n) is 4.72. The zero-order chi connectivity index (χ0) is 17.4. The smallest absolute Gasteiger partial charge is 0.141 e. The third kappa shape index (κ3) is 1.85. The van der Waals surface area contributed by atoms with E-state index >= 15 is 0 Å². The molecule has 0 fully saturated rings. The first kappa shape index (κ1) is 14.6. The Kier molecular flexibility index (Phi) is 3.16. The summed E-state index contributed by atoms with van der Waals surface area (Å²) in [4.78, 5) is 2.46. The summed E-state index contributed by atoms with van der Waals surface area (Å²) >= 11 is 0. The van der Waals surface area contributed by atoms with E-state index in [2.05, 4.69) is 20.4 Å². The fourth-order valence-electron chi connectivity index (χ4n) is 2.46. The molecule has 3 aromatic rings. The molecule has 3 rings (SSSR count). The lowest BCUT2D eigenvalue weighted by molar-refractivity contribution is 0.661. The Morgan fingerprint density at radius 2 is 0.875 bits per heavy atom. The first-order valence-corrected chi connectivity index (χ1v) is 6.48. The highest BCUT2D eigenvalue weighted by atomic mass is 15.5. The van der Waals surface area contributed by atoms with Crippen molar-refractivity contribution in [2.75, 3.05) is 0 Å². The monoisotopic (exact) mass is 314 g/mol. The van der Waals surface area contributed by atoms with Crippen molar-refractivity contribution in [3.63, 3.8) is 0 Å². The molecule has 0 aliphatic heterocycles. The molecule has 0 bridgehead atoms. The molecule has 10 nitrogen and oxygen atoms in total. The highest BCUT2D eigenvalue weighted by molar-refractivity contribution is 6.00. The standard InChI is InChI=1S/C14H6N10/c1-23-19-11-9(7(3-15)4-16)13-14(22-24(2)21-13)10(12(11)20-23)8(5-17)6-18/h1-2H3. The molecule has 0 spiro atoms. The van der Waals surface area contributed by atoms with Crippen LogP contribution in [0, 0.1) is 45.3 Å². The molecule has 2 heterocycles. The van der Waals surface area contributed by atoms with Gasteiger partial charge in [-0.15, -0.1) is 0 Å². The summed E-state index contributed by atoms with van der Waals surface area (Å²) in [6.07, 6.45) is 0. The molecule has 2 aromatic heterocycles. The Labute approximate surface area is 133 Å². The van der Waals surface area contributed by atoms with Crippen molar-refractivity contribution in [1.29, 1.82) is 21.0 Å². The summed E-state index contributed by atoms with van der Waals surface area (Å²) in [5.74, 6) is 0. The fourth-order valence-corrected chi connectivity index (χ4v) is 2.46. The summed E-state index contributed by atoms with van der Waals surface area (Å²) in [7, 11) is 3.10. The van der Waals surface area contributed by atoms with E-state index < -0.39 is 0 Å². The zero-order valence-electron chi connectivity index (χ0n) is 12.5. The molecule has 0 atom stereocenters. The molecule has 0 radical (unpaired) electrons. The van der Waals surface area contributed by atoms with Crippen molar-refractivity contribution < 1.29 is 0 Å². The van der Waals surface area contributed by atoms with Gasteiger partial charge in [0.05, 0.1) is 10.4 Å². The van der Waals surface area contributed by atoms with E-state index in [0.29, 0.717) is 0 Å². The second-order valence-corrected chi connectivity index (χ2v) is 4.72. The lowest BCUT2D eigenvalue weighted by atomic mass is 10.1. The Hall–Kier alpha value is -4.28. The minimum atomic E-state index is -0.201. The summed E-state index contributed by atoms with van der Waals surface area (Å²) in [6, 6.07) is 7.25. The van der Waals surface area contributed by atoms with Crippen LogP contribution in [0.15, 0.2) is 0 Å². The molecular weight excluding hydrogens is 308 g/mol. The number of benzene rings is 1. The van der Waals surface area contributed by atoms with Crippen LogP contribution in [0.25, 0.3) is 33.2 Å². The van der Waals surface area contributed by atoms with Crippen molar-refractivity contribution in [2.24, 2.45) is 14.1 Å². The zero-order valence-corrected chi connectivity index (χ0v) is 12.5. The van der Waals surface area contributed by atoms with Crippen LogP contribution >= 0.6 is 0 Å². The van der Waals surface area contributed by atoms with Gasteiger partial charge in [0.15, 0.2) is 0 Å². The molecule has 1 aromatic carbocycles. The molecule has 0 N–H and O–H groups in total. The van der Waals surface area contributed by atoms with E-state index in [4.69, 9.17) is 0 Å². The number of aromatic nitrogens is 6. The van der Waals surface area contributed by atoms with Crippen LogP contribution in [0.3, 0.4) is 0 Å². The first-order valence-electron chi connectivity index (χ1n) is 6.48. The van der Waals surface area contributed by atoms with Crippen molar-refractivity contribution in [1.82, 2.24) is 30.0 Å². The quantitative estimate of drug-likeness (QED) is 0.492. The van der Waals surface area contributed by atoms with Crippen LogP contribution in [0.4, 0.5) is 0 Å². The van der Waals surface area contributed by atoms with E-state index in [1.807, 2.05) is 24.3 Å². The molecular formula is C14H6N10. The highest BCUT2D eigenvalue weighted by Crippen LogP contribution is 2.10. The van der Waals surface area contributed by atoms with Gasteiger partial charge in [-0.25, -0.2) is 0 Å². The predicted octanol–water partition coefficient (Wildman–Crippen LogP) is -1.35. The normalized spacial score (nSPS) is 9.92. The van der Waals surface area contributed by atoms with Gasteiger partial charge in [-0.2, -0.15) is 51.0 Å². The maximum absolute atomic E-state index is 9.25. The van der Waals surface area contributed by atoms with Gasteiger partial charge in [-0.05, 0) is 0 Å². The van der Waals surface area contributed by atoms with Crippen LogP contribution in [0.5, 0.6) is 0 Å². The SMILES string of the molecule is Cn1nc2c(=C(C#N)C#N)c3nn(C)nc3c(=C(C#N)C#N)c2n1. The van der Waals surface area contributed by atoms with Crippen LogP contribution in [0.1, 0.15) is 0 Å². The number of hydrogen-bond acceptors (Lipinski definition) is 8. The van der Waals surface area contributed by atoms with Gasteiger partial charge in [-0.3, -0.25) is 0 Å². The highest BCUT2D eigenvalue weighted by Gasteiger charge is 2.19. The number of nitriles is 4. The third-order valence-corrected chi connectivity index (χ3v) is 3.32. The summed E-state index contributed by atoms with van der Waals surface area (Å²) < 4.78 is 0. The van der Waals surface area contributed by atoms with E-state index in [-0.39, 0.29) is 43.7 Å². The predicted molar refractivity (Wildman–Crippen MR) is 79.1 cm³/mol. The number of nitrogens with zero attached hydrogens (tertiary/aromatic N) is 10. The molecule has 0 saturated heterocycles. The van der Waals surface area contributed by atoms with E-state index in [1.165, 1.54) is 9.59 Å². The lowest BCUT2D eigenvalue weighted by Crippen LogP contribution is -2.18. The maximum atomic E-state index is 9.25. The van der Waals surface area contributed by atoms with Crippen molar-refractivity contribution in [3.05, 3.63) is 10.4 Å². The molecule has 112 valence electrons. The van der Waals surface area contributed by atoms with Gasteiger partial charge >= 0.3 is 0 Å². The average Bonchev–Trinajstić information content (AvgIpc) is 3.12. The first-order chi connectivity index (χ1) is 11.5. The summed E-state index contributed by atoms with van der Waals surface area (Å²) in [5.41, 5.74) is 0.437. The van der Waals surface area contributed by atoms with Crippen molar-refractivity contribution in [3.8, 4) is 24.3 Å². The summed E-state index contributed by atoms with van der Waals surface area (Å²) in [5, 5.41) is 54.1. The molecule has 0 saturated carbocycles. The van der Waals surface area contributed by atoms with Gasteiger partial charge in [0.25, 0.3) is 0 Å². The maximum Gasteiger partial charge on any atom is 0.141 e. The molecule has 0 aliphatic rings. The number of hydrogen-bond donors (Lipinski definition) is 0. The average molecular weight is 314 g/mol. The van der Waals surface area contributed by atoms with Crippen LogP contribution < -0.4 is 10.4 Å². The Balaban J connectivity index is 2.93. The molecule has 10 heteroatoms. The lowest BCUT2D eigenvalue weighted by Gasteiger charge is -1.94. The van der Waals surface area contributed by atoms with Gasteiger partial charge < -0.3 is 0 Å². The van der Waals surface area contributed by atoms with E-state index in [0.717, 1.165) is 0 Å². The van der Waals surface area contributed by atoms with Crippen LogP contribution in [-0.4, -0.2) is 30.0 Å². The largest absolute Gasteiger partial charge is 0.192 e. The van der Waals surface area contributed by atoms with Crippen LogP contribution in [-0.2, 0) is 14.1 Å². The Morgan fingerprint density at radius 3 is 1.08 bits per heavy atom. The van der Waals surface area contributed by atoms with Gasteiger partial charge in [0.1, 0.15) is 57.5 Å². The molecule has 24 heavy (non-hydrogen) atoms. The third-order valence-electron chi connectivity index (χ3n) is 3.32.